The monoisotopic (exact) mass is 450 g/mol. The van der Waals surface area contributed by atoms with Crippen LogP contribution in [0.1, 0.15) is 29.8 Å². The van der Waals surface area contributed by atoms with Crippen molar-refractivity contribution in [2.75, 3.05) is 19.5 Å². The second kappa shape index (κ2) is 8.93. The van der Waals surface area contributed by atoms with Crippen molar-refractivity contribution in [2.24, 2.45) is 7.05 Å². The van der Waals surface area contributed by atoms with Crippen LogP contribution in [0.4, 0.5) is 5.82 Å². The van der Waals surface area contributed by atoms with Crippen LogP contribution in [0.25, 0.3) is 11.3 Å². The van der Waals surface area contributed by atoms with Crippen LogP contribution in [0, 0.1) is 6.92 Å². The minimum absolute atomic E-state index is 0.218. The molecule has 172 valence electrons. The highest BCUT2D eigenvalue weighted by Crippen LogP contribution is 2.36. The molecule has 0 bridgehead atoms. The molecule has 0 spiro atoms. The molecule has 33 heavy (non-hydrogen) atoms. The van der Waals surface area contributed by atoms with Crippen molar-refractivity contribution in [1.29, 1.82) is 0 Å². The third kappa shape index (κ3) is 4.13. The highest BCUT2D eigenvalue weighted by molar-refractivity contribution is 5.67. The van der Waals surface area contributed by atoms with Gasteiger partial charge < -0.3 is 19.5 Å². The third-order valence-electron chi connectivity index (χ3n) is 5.75. The normalized spacial score (nSPS) is 16.8. The Morgan fingerprint density at radius 2 is 1.88 bits per heavy atom. The molecule has 0 fully saturated rings. The molecular weight excluding hydrogens is 424 g/mol. The molecule has 0 radical (unpaired) electrons. The smallest absolute Gasteiger partial charge is 0.302 e. The molecule has 4 rings (SSSR count). The van der Waals surface area contributed by atoms with E-state index in [9.17, 15) is 9.59 Å². The molecule has 9 heteroatoms. The number of carbonyl (C=O) groups is 1. The van der Waals surface area contributed by atoms with Gasteiger partial charge in [0.25, 0.3) is 5.56 Å². The van der Waals surface area contributed by atoms with Crippen molar-refractivity contribution in [3.63, 3.8) is 0 Å². The Kier molecular flexibility index (Phi) is 6.04. The van der Waals surface area contributed by atoms with Crippen molar-refractivity contribution in [1.82, 2.24) is 14.5 Å². The minimum Gasteiger partial charge on any atom is -0.481 e. The Hall–Kier alpha value is -3.88. The number of esters is 1. The van der Waals surface area contributed by atoms with Gasteiger partial charge in [-0.25, -0.2) is 4.98 Å². The molecule has 9 nitrogen and oxygen atoms in total. The van der Waals surface area contributed by atoms with Crippen LogP contribution in [-0.2, 0) is 23.0 Å². The summed E-state index contributed by atoms with van der Waals surface area (Å²) < 4.78 is 17.6. The number of carbonyl (C=O) groups excluding carboxylic acids is 1. The van der Waals surface area contributed by atoms with Gasteiger partial charge in [0.05, 0.1) is 31.5 Å². The number of hydrogen-bond donors (Lipinski definition) is 1. The molecular formula is C24H26N4O5. The van der Waals surface area contributed by atoms with Gasteiger partial charge in [0.2, 0.25) is 11.8 Å². The molecule has 2 aromatic heterocycles. The third-order valence-corrected chi connectivity index (χ3v) is 5.75. The summed E-state index contributed by atoms with van der Waals surface area (Å²) in [5.74, 6) is 0.818. The van der Waals surface area contributed by atoms with Gasteiger partial charge in [-0.15, -0.1) is 0 Å². The van der Waals surface area contributed by atoms with E-state index in [1.54, 1.807) is 19.2 Å². The van der Waals surface area contributed by atoms with Gasteiger partial charge >= 0.3 is 5.97 Å². The van der Waals surface area contributed by atoms with Gasteiger partial charge in [0.1, 0.15) is 17.6 Å². The zero-order chi connectivity index (χ0) is 23.7. The summed E-state index contributed by atoms with van der Waals surface area (Å²) in [6.07, 6.45) is 0.209. The second-order valence-corrected chi connectivity index (χ2v) is 7.84. The quantitative estimate of drug-likeness (QED) is 0.572. The summed E-state index contributed by atoms with van der Waals surface area (Å²) in [6, 6.07) is 11.0. The highest BCUT2D eigenvalue weighted by atomic mass is 16.5. The lowest BCUT2D eigenvalue weighted by Crippen LogP contribution is -2.31. The molecule has 0 aliphatic heterocycles. The van der Waals surface area contributed by atoms with Gasteiger partial charge in [-0.2, -0.15) is 4.98 Å². The number of methoxy groups -OCH3 is 2. The number of aryl methyl sites for hydroxylation is 1. The fraction of sp³-hybridized carbons (Fsp3) is 0.333. The van der Waals surface area contributed by atoms with E-state index in [1.807, 2.05) is 31.2 Å². The predicted molar refractivity (Wildman–Crippen MR) is 123 cm³/mol. The average Bonchev–Trinajstić information content (AvgIpc) is 3.14. The minimum atomic E-state index is -0.389. The summed E-state index contributed by atoms with van der Waals surface area (Å²) in [4.78, 5) is 33.8. The number of pyridine rings is 1. The molecule has 1 aliphatic carbocycles. The largest absolute Gasteiger partial charge is 0.481 e. The number of rotatable bonds is 6. The maximum absolute atomic E-state index is 13.3. The summed E-state index contributed by atoms with van der Waals surface area (Å²) in [6.45, 7) is 3.21. The molecule has 0 saturated heterocycles. The predicted octanol–water partition coefficient (Wildman–Crippen LogP) is 2.81. The number of anilines is 1. The molecule has 1 aliphatic rings. The van der Waals surface area contributed by atoms with Crippen molar-refractivity contribution in [3.8, 4) is 23.0 Å². The lowest BCUT2D eigenvalue weighted by molar-refractivity contribution is -0.146. The molecule has 1 N–H and O–H groups in total. The first-order valence-electron chi connectivity index (χ1n) is 10.5. The number of hydrogen-bond acceptors (Lipinski definition) is 8. The molecule has 0 amide bonds. The Morgan fingerprint density at radius 3 is 2.58 bits per heavy atom. The van der Waals surface area contributed by atoms with E-state index in [-0.39, 0.29) is 35.2 Å². The van der Waals surface area contributed by atoms with Crippen molar-refractivity contribution in [3.05, 3.63) is 63.6 Å². The lowest BCUT2D eigenvalue weighted by atomic mass is 10.1. The number of ether oxygens (including phenoxy) is 3. The fourth-order valence-electron chi connectivity index (χ4n) is 4.22. The number of nitrogens with zero attached hydrogens (tertiary/aromatic N) is 3. The zero-order valence-electron chi connectivity index (χ0n) is 19.2. The molecule has 3 aromatic rings. The van der Waals surface area contributed by atoms with Crippen LogP contribution in [0.15, 0.2) is 41.2 Å². The number of benzene rings is 1. The van der Waals surface area contributed by atoms with E-state index in [0.29, 0.717) is 29.4 Å². The van der Waals surface area contributed by atoms with Crippen LogP contribution in [0.5, 0.6) is 11.8 Å². The Labute approximate surface area is 191 Å². The van der Waals surface area contributed by atoms with Crippen LogP contribution in [0.2, 0.25) is 0 Å². The van der Waals surface area contributed by atoms with E-state index >= 15 is 0 Å². The van der Waals surface area contributed by atoms with Crippen LogP contribution in [0.3, 0.4) is 0 Å². The topological polar surface area (TPSA) is 105 Å². The van der Waals surface area contributed by atoms with Gasteiger partial charge in [0, 0.05) is 26.5 Å². The first kappa shape index (κ1) is 22.3. The molecule has 0 unspecified atom stereocenters. The Morgan fingerprint density at radius 1 is 1.12 bits per heavy atom. The first-order valence-corrected chi connectivity index (χ1v) is 10.5. The fourth-order valence-corrected chi connectivity index (χ4v) is 4.22. The molecule has 0 saturated carbocycles. The van der Waals surface area contributed by atoms with Gasteiger partial charge in [0.15, 0.2) is 0 Å². The Balaban J connectivity index is 1.76. The average molecular weight is 450 g/mol. The SMILES string of the molecule is COc1ccc(-c2nc(C)c(N[C@@H]3c4ccccc4C[C@@H]3OC(C)=O)n(C)c2=O)c(OC)n1. The first-order chi connectivity index (χ1) is 15.8. The van der Waals surface area contributed by atoms with E-state index in [1.165, 1.54) is 25.7 Å². The van der Waals surface area contributed by atoms with E-state index in [0.717, 1.165) is 11.1 Å². The lowest BCUT2D eigenvalue weighted by Gasteiger charge is -2.25. The highest BCUT2D eigenvalue weighted by Gasteiger charge is 2.35. The van der Waals surface area contributed by atoms with E-state index < -0.39 is 0 Å². The van der Waals surface area contributed by atoms with E-state index in [2.05, 4.69) is 15.3 Å². The van der Waals surface area contributed by atoms with E-state index in [4.69, 9.17) is 14.2 Å². The van der Waals surface area contributed by atoms with Crippen LogP contribution < -0.4 is 20.3 Å². The zero-order valence-corrected chi connectivity index (χ0v) is 19.2. The number of aromatic nitrogens is 3. The van der Waals surface area contributed by atoms with Gasteiger partial charge in [-0.3, -0.25) is 14.2 Å². The molecule has 2 heterocycles. The number of nitrogens with one attached hydrogen (secondary N) is 1. The molecule has 1 aromatic carbocycles. The van der Waals surface area contributed by atoms with Crippen LogP contribution >= 0.6 is 0 Å². The Bertz CT molecular complexity index is 1270. The van der Waals surface area contributed by atoms with Gasteiger partial charge in [-0.05, 0) is 24.1 Å². The maximum Gasteiger partial charge on any atom is 0.302 e. The van der Waals surface area contributed by atoms with Crippen molar-refractivity contribution in [2.45, 2.75) is 32.4 Å². The standard InChI is InChI=1S/C24H26N4O5/c1-13-22(27-20-16-9-7-6-8-15(16)12-18(20)33-14(2)29)28(3)24(30)21(25-13)17-10-11-19(31-4)26-23(17)32-5/h6-11,18,20,27H,12H2,1-5H3/t18-,20+/m0/s1. The second-order valence-electron chi connectivity index (χ2n) is 7.84. The molecule has 2 atom stereocenters. The van der Waals surface area contributed by atoms with Crippen molar-refractivity contribution < 1.29 is 19.0 Å². The summed E-state index contributed by atoms with van der Waals surface area (Å²) in [5, 5.41) is 3.41. The number of fused-ring (bicyclic) bond motifs is 1. The van der Waals surface area contributed by atoms with Gasteiger partial charge in [-0.1, -0.05) is 24.3 Å². The van der Waals surface area contributed by atoms with Crippen LogP contribution in [-0.4, -0.2) is 40.8 Å². The van der Waals surface area contributed by atoms with Crippen molar-refractivity contribution >= 4 is 11.8 Å². The summed E-state index contributed by atoms with van der Waals surface area (Å²) >= 11 is 0. The summed E-state index contributed by atoms with van der Waals surface area (Å²) in [5.41, 5.74) is 3.11. The maximum atomic E-state index is 13.3. The summed E-state index contributed by atoms with van der Waals surface area (Å²) in [7, 11) is 4.66.